The SMILES string of the molecule is COc1ccc(OCc2ncc(C(=O)O)n2C(C)C)cc1. The maximum absolute atomic E-state index is 11.2. The van der Waals surface area contributed by atoms with E-state index in [0.717, 1.165) is 5.75 Å². The Bertz CT molecular complexity index is 617. The van der Waals surface area contributed by atoms with Gasteiger partial charge in [-0.2, -0.15) is 0 Å². The lowest BCUT2D eigenvalue weighted by Crippen LogP contribution is -2.15. The van der Waals surface area contributed by atoms with Crippen LogP contribution in [0, 0.1) is 0 Å². The van der Waals surface area contributed by atoms with Crippen molar-refractivity contribution in [2.24, 2.45) is 0 Å². The van der Waals surface area contributed by atoms with Gasteiger partial charge in [0.05, 0.1) is 13.3 Å². The fourth-order valence-corrected chi connectivity index (χ4v) is 2.06. The second-order valence-electron chi connectivity index (χ2n) is 4.79. The molecule has 6 nitrogen and oxygen atoms in total. The van der Waals surface area contributed by atoms with Gasteiger partial charge in [0.1, 0.15) is 29.6 Å². The van der Waals surface area contributed by atoms with Crippen molar-refractivity contribution in [3.05, 3.63) is 42.0 Å². The number of nitrogens with zero attached hydrogens (tertiary/aromatic N) is 2. The van der Waals surface area contributed by atoms with Gasteiger partial charge in [0.2, 0.25) is 0 Å². The van der Waals surface area contributed by atoms with E-state index < -0.39 is 5.97 Å². The second kappa shape index (κ2) is 6.30. The summed E-state index contributed by atoms with van der Waals surface area (Å²) in [5.41, 5.74) is 0.165. The van der Waals surface area contributed by atoms with E-state index in [2.05, 4.69) is 4.98 Å². The average molecular weight is 290 g/mol. The molecular weight excluding hydrogens is 272 g/mol. The Hall–Kier alpha value is -2.50. The molecule has 0 spiro atoms. The van der Waals surface area contributed by atoms with Gasteiger partial charge in [-0.15, -0.1) is 0 Å². The molecule has 2 aromatic rings. The number of ether oxygens (including phenoxy) is 2. The van der Waals surface area contributed by atoms with Crippen LogP contribution in [0.15, 0.2) is 30.5 Å². The van der Waals surface area contributed by atoms with Gasteiger partial charge in [0.25, 0.3) is 0 Å². The lowest BCUT2D eigenvalue weighted by Gasteiger charge is -2.14. The molecule has 0 saturated heterocycles. The van der Waals surface area contributed by atoms with Crippen molar-refractivity contribution in [2.75, 3.05) is 7.11 Å². The molecule has 0 fully saturated rings. The highest BCUT2D eigenvalue weighted by Crippen LogP contribution is 2.19. The van der Waals surface area contributed by atoms with E-state index in [1.54, 1.807) is 35.9 Å². The highest BCUT2D eigenvalue weighted by Gasteiger charge is 2.18. The number of carboxylic acids is 1. The third kappa shape index (κ3) is 3.34. The number of aromatic carboxylic acids is 1. The van der Waals surface area contributed by atoms with E-state index in [4.69, 9.17) is 14.6 Å². The number of imidazole rings is 1. The lowest BCUT2D eigenvalue weighted by molar-refractivity contribution is 0.0682. The molecule has 2 rings (SSSR count). The fraction of sp³-hybridized carbons (Fsp3) is 0.333. The van der Waals surface area contributed by atoms with E-state index >= 15 is 0 Å². The summed E-state index contributed by atoms with van der Waals surface area (Å²) in [7, 11) is 1.60. The predicted molar refractivity (Wildman–Crippen MR) is 76.9 cm³/mol. The van der Waals surface area contributed by atoms with Gasteiger partial charge >= 0.3 is 5.97 Å². The number of methoxy groups -OCH3 is 1. The normalized spacial score (nSPS) is 10.7. The lowest BCUT2D eigenvalue weighted by atomic mass is 10.3. The Morgan fingerprint density at radius 2 is 1.90 bits per heavy atom. The first-order chi connectivity index (χ1) is 10.0. The van der Waals surface area contributed by atoms with E-state index in [0.29, 0.717) is 11.6 Å². The van der Waals surface area contributed by atoms with Gasteiger partial charge in [-0.05, 0) is 38.1 Å². The van der Waals surface area contributed by atoms with Gasteiger partial charge in [0.15, 0.2) is 0 Å². The molecule has 0 aliphatic rings. The van der Waals surface area contributed by atoms with E-state index in [1.165, 1.54) is 6.20 Å². The Balaban J connectivity index is 2.14. The smallest absolute Gasteiger partial charge is 0.354 e. The van der Waals surface area contributed by atoms with Gasteiger partial charge < -0.3 is 19.1 Å². The van der Waals surface area contributed by atoms with Crippen LogP contribution in [0.1, 0.15) is 36.2 Å². The summed E-state index contributed by atoms with van der Waals surface area (Å²) in [6, 6.07) is 7.17. The number of carboxylic acid groups (broad SMARTS) is 1. The molecular formula is C15H18N2O4. The van der Waals surface area contributed by atoms with E-state index in [9.17, 15) is 4.79 Å². The van der Waals surface area contributed by atoms with Crippen molar-refractivity contribution in [3.8, 4) is 11.5 Å². The van der Waals surface area contributed by atoms with Gasteiger partial charge in [-0.1, -0.05) is 0 Å². The van der Waals surface area contributed by atoms with Crippen LogP contribution in [0.5, 0.6) is 11.5 Å². The standard InChI is InChI=1S/C15H18N2O4/c1-10(2)17-13(15(18)19)8-16-14(17)9-21-12-6-4-11(20-3)5-7-12/h4-8,10H,9H2,1-3H3,(H,18,19). The van der Waals surface area contributed by atoms with Crippen LogP contribution >= 0.6 is 0 Å². The maximum atomic E-state index is 11.2. The zero-order valence-corrected chi connectivity index (χ0v) is 12.2. The Morgan fingerprint density at radius 1 is 1.29 bits per heavy atom. The zero-order valence-electron chi connectivity index (χ0n) is 12.2. The van der Waals surface area contributed by atoms with Crippen LogP contribution in [0.25, 0.3) is 0 Å². The number of rotatable bonds is 6. The number of aromatic nitrogens is 2. The maximum Gasteiger partial charge on any atom is 0.354 e. The fourth-order valence-electron chi connectivity index (χ4n) is 2.06. The number of hydrogen-bond acceptors (Lipinski definition) is 4. The Morgan fingerprint density at radius 3 is 2.43 bits per heavy atom. The molecule has 0 aliphatic heterocycles. The second-order valence-corrected chi connectivity index (χ2v) is 4.79. The summed E-state index contributed by atoms with van der Waals surface area (Å²) in [5, 5.41) is 9.16. The molecule has 0 aliphatic carbocycles. The van der Waals surface area contributed by atoms with Crippen molar-refractivity contribution in [3.63, 3.8) is 0 Å². The summed E-state index contributed by atoms with van der Waals surface area (Å²) in [5.74, 6) is 1.01. The molecule has 0 unspecified atom stereocenters. The zero-order chi connectivity index (χ0) is 15.4. The molecule has 0 bridgehead atoms. The largest absolute Gasteiger partial charge is 0.497 e. The quantitative estimate of drug-likeness (QED) is 0.885. The average Bonchev–Trinajstić information content (AvgIpc) is 2.90. The minimum absolute atomic E-state index is 0.00642. The summed E-state index contributed by atoms with van der Waals surface area (Å²) in [4.78, 5) is 15.3. The molecule has 1 aromatic carbocycles. The van der Waals surface area contributed by atoms with Crippen LogP contribution in [0.3, 0.4) is 0 Å². The molecule has 0 radical (unpaired) electrons. The van der Waals surface area contributed by atoms with Crippen LogP contribution in [-0.2, 0) is 6.61 Å². The van der Waals surface area contributed by atoms with Gasteiger partial charge in [-0.25, -0.2) is 9.78 Å². The summed E-state index contributed by atoms with van der Waals surface area (Å²) < 4.78 is 12.4. The third-order valence-electron chi connectivity index (χ3n) is 3.04. The van der Waals surface area contributed by atoms with Crippen molar-refractivity contribution >= 4 is 5.97 Å². The first-order valence-corrected chi connectivity index (χ1v) is 6.59. The van der Waals surface area contributed by atoms with Crippen LogP contribution in [0.2, 0.25) is 0 Å². The summed E-state index contributed by atoms with van der Waals surface area (Å²) in [6.07, 6.45) is 1.36. The van der Waals surface area contributed by atoms with Gasteiger partial charge in [0, 0.05) is 6.04 Å². The van der Waals surface area contributed by atoms with E-state index in [-0.39, 0.29) is 18.3 Å². The van der Waals surface area contributed by atoms with Crippen LogP contribution in [0.4, 0.5) is 0 Å². The predicted octanol–water partition coefficient (Wildman–Crippen LogP) is 2.75. The molecule has 1 N–H and O–H groups in total. The topological polar surface area (TPSA) is 73.6 Å². The molecule has 21 heavy (non-hydrogen) atoms. The number of carbonyl (C=O) groups is 1. The molecule has 0 atom stereocenters. The van der Waals surface area contributed by atoms with Crippen molar-refractivity contribution in [1.29, 1.82) is 0 Å². The minimum Gasteiger partial charge on any atom is -0.497 e. The molecule has 112 valence electrons. The van der Waals surface area contributed by atoms with Crippen LogP contribution < -0.4 is 9.47 Å². The first-order valence-electron chi connectivity index (χ1n) is 6.59. The molecule has 0 amide bonds. The number of hydrogen-bond donors (Lipinski definition) is 1. The highest BCUT2D eigenvalue weighted by molar-refractivity contribution is 5.85. The first kappa shape index (κ1) is 14.9. The van der Waals surface area contributed by atoms with E-state index in [1.807, 2.05) is 13.8 Å². The molecule has 1 heterocycles. The Kier molecular flexibility index (Phi) is 4.47. The molecule has 6 heteroatoms. The summed E-state index contributed by atoms with van der Waals surface area (Å²) >= 11 is 0. The van der Waals surface area contributed by atoms with Crippen molar-refractivity contribution < 1.29 is 19.4 Å². The third-order valence-corrected chi connectivity index (χ3v) is 3.04. The minimum atomic E-state index is -0.994. The van der Waals surface area contributed by atoms with Crippen molar-refractivity contribution in [1.82, 2.24) is 9.55 Å². The molecule has 0 saturated carbocycles. The van der Waals surface area contributed by atoms with Crippen LogP contribution in [-0.4, -0.2) is 27.7 Å². The van der Waals surface area contributed by atoms with Crippen molar-refractivity contribution in [2.45, 2.75) is 26.5 Å². The molecule has 1 aromatic heterocycles. The summed E-state index contributed by atoms with van der Waals surface area (Å²) in [6.45, 7) is 4.02. The van der Waals surface area contributed by atoms with Gasteiger partial charge in [-0.3, -0.25) is 0 Å². The number of benzene rings is 1. The Labute approximate surface area is 122 Å². The highest BCUT2D eigenvalue weighted by atomic mass is 16.5. The monoisotopic (exact) mass is 290 g/mol.